The summed E-state index contributed by atoms with van der Waals surface area (Å²) in [7, 11) is 0. The van der Waals surface area contributed by atoms with Gasteiger partial charge in [0.25, 0.3) is 0 Å². The Morgan fingerprint density at radius 1 is 1.44 bits per heavy atom. The molecule has 0 spiro atoms. The number of carbonyl (C=O) groups excluding carboxylic acids is 1. The fourth-order valence-electron chi connectivity index (χ4n) is 2.16. The summed E-state index contributed by atoms with van der Waals surface area (Å²) in [6.07, 6.45) is 1.91. The molecule has 0 radical (unpaired) electrons. The van der Waals surface area contributed by atoms with Gasteiger partial charge in [-0.2, -0.15) is 0 Å². The van der Waals surface area contributed by atoms with Crippen molar-refractivity contribution in [3.63, 3.8) is 0 Å². The predicted molar refractivity (Wildman–Crippen MR) is 70.2 cm³/mol. The number of piperidine rings is 1. The van der Waals surface area contributed by atoms with Gasteiger partial charge in [0.1, 0.15) is 5.60 Å². The van der Waals surface area contributed by atoms with E-state index in [2.05, 4.69) is 0 Å². The van der Waals surface area contributed by atoms with E-state index in [-0.39, 0.29) is 6.09 Å². The second-order valence-corrected chi connectivity index (χ2v) is 6.04. The highest BCUT2D eigenvalue weighted by Gasteiger charge is 2.27. The summed E-state index contributed by atoms with van der Waals surface area (Å²) in [5, 5.41) is 9.51. The van der Waals surface area contributed by atoms with Gasteiger partial charge in [0, 0.05) is 19.6 Å². The van der Waals surface area contributed by atoms with Crippen LogP contribution in [0.5, 0.6) is 0 Å². The van der Waals surface area contributed by atoms with E-state index in [1.165, 1.54) is 0 Å². The van der Waals surface area contributed by atoms with Gasteiger partial charge in [-0.05, 0) is 46.0 Å². The van der Waals surface area contributed by atoms with Crippen LogP contribution in [0.4, 0.5) is 4.79 Å². The van der Waals surface area contributed by atoms with Crippen LogP contribution in [-0.2, 0) is 4.74 Å². The van der Waals surface area contributed by atoms with E-state index in [9.17, 15) is 9.90 Å². The van der Waals surface area contributed by atoms with Crippen LogP contribution in [-0.4, -0.2) is 47.4 Å². The lowest BCUT2D eigenvalue weighted by Gasteiger charge is -2.34. The maximum atomic E-state index is 11.8. The van der Waals surface area contributed by atoms with Crippen molar-refractivity contribution in [3.8, 4) is 0 Å². The van der Waals surface area contributed by atoms with Gasteiger partial charge in [0.05, 0.1) is 6.10 Å². The van der Waals surface area contributed by atoms with E-state index < -0.39 is 11.7 Å². The number of aliphatic hydroxyl groups is 1. The normalized spacial score (nSPS) is 19.7. The molecular formula is C13H26N2O3. The summed E-state index contributed by atoms with van der Waals surface area (Å²) in [5.74, 6) is 0.460. The van der Waals surface area contributed by atoms with E-state index in [0.717, 1.165) is 19.3 Å². The quantitative estimate of drug-likeness (QED) is 0.801. The first-order chi connectivity index (χ1) is 8.31. The lowest BCUT2D eigenvalue weighted by molar-refractivity contribution is 0.0163. The Morgan fingerprint density at radius 3 is 2.44 bits per heavy atom. The van der Waals surface area contributed by atoms with E-state index in [1.54, 1.807) is 4.90 Å². The number of likely N-dealkylation sites (tertiary alicyclic amines) is 1. The molecule has 0 aromatic carbocycles. The van der Waals surface area contributed by atoms with Crippen molar-refractivity contribution in [2.45, 2.75) is 51.7 Å². The highest BCUT2D eigenvalue weighted by Crippen LogP contribution is 2.23. The molecule has 5 heteroatoms. The molecule has 0 saturated carbocycles. The van der Waals surface area contributed by atoms with Crippen LogP contribution in [0.15, 0.2) is 0 Å². The molecule has 1 rings (SSSR count). The average Bonchev–Trinajstić information content (AvgIpc) is 2.27. The number of rotatable bonds is 3. The van der Waals surface area contributed by atoms with E-state index in [4.69, 9.17) is 10.5 Å². The molecule has 0 aliphatic carbocycles. The molecule has 1 heterocycles. The minimum Gasteiger partial charge on any atom is -0.444 e. The molecule has 18 heavy (non-hydrogen) atoms. The number of carbonyl (C=O) groups is 1. The highest BCUT2D eigenvalue weighted by atomic mass is 16.6. The average molecular weight is 258 g/mol. The Kier molecular flexibility index (Phi) is 5.41. The van der Waals surface area contributed by atoms with Crippen LogP contribution < -0.4 is 5.73 Å². The van der Waals surface area contributed by atoms with Gasteiger partial charge in [-0.25, -0.2) is 4.79 Å². The van der Waals surface area contributed by atoms with Gasteiger partial charge in [-0.1, -0.05) is 0 Å². The lowest BCUT2D eigenvalue weighted by atomic mass is 9.91. The van der Waals surface area contributed by atoms with Crippen molar-refractivity contribution >= 4 is 6.09 Å². The third-order valence-electron chi connectivity index (χ3n) is 3.14. The summed E-state index contributed by atoms with van der Waals surface area (Å²) in [5.41, 5.74) is 4.96. The smallest absolute Gasteiger partial charge is 0.410 e. The monoisotopic (exact) mass is 258 g/mol. The minimum absolute atomic E-state index is 0.236. The standard InChI is InChI=1S/C13H26N2O3/c1-13(2,3)18-12(17)15-6-4-10(5-7-15)8-11(16)9-14/h10-11,16H,4-9,14H2,1-3H3. The van der Waals surface area contributed by atoms with Crippen LogP contribution in [0.3, 0.4) is 0 Å². The summed E-state index contributed by atoms with van der Waals surface area (Å²) < 4.78 is 5.33. The topological polar surface area (TPSA) is 75.8 Å². The number of aliphatic hydroxyl groups excluding tert-OH is 1. The van der Waals surface area contributed by atoms with Crippen LogP contribution in [0, 0.1) is 5.92 Å². The number of hydrogen-bond donors (Lipinski definition) is 2. The predicted octanol–water partition coefficient (Wildman–Crippen LogP) is 1.34. The molecule has 0 bridgehead atoms. The van der Waals surface area contributed by atoms with Crippen LogP contribution >= 0.6 is 0 Å². The van der Waals surface area contributed by atoms with Crippen LogP contribution in [0.25, 0.3) is 0 Å². The van der Waals surface area contributed by atoms with Gasteiger partial charge >= 0.3 is 6.09 Å². The summed E-state index contributed by atoms with van der Waals surface area (Å²) >= 11 is 0. The van der Waals surface area contributed by atoms with Gasteiger partial charge in [0.15, 0.2) is 0 Å². The van der Waals surface area contributed by atoms with Gasteiger partial charge in [-0.3, -0.25) is 0 Å². The number of hydrogen-bond acceptors (Lipinski definition) is 4. The molecule has 5 nitrogen and oxygen atoms in total. The molecule has 1 amide bonds. The molecule has 1 saturated heterocycles. The molecule has 3 N–H and O–H groups in total. The van der Waals surface area contributed by atoms with Crippen molar-refractivity contribution in [3.05, 3.63) is 0 Å². The Labute approximate surface area is 109 Å². The van der Waals surface area contributed by atoms with Crippen molar-refractivity contribution in [1.82, 2.24) is 4.90 Å². The van der Waals surface area contributed by atoms with Crippen molar-refractivity contribution in [2.24, 2.45) is 11.7 Å². The fraction of sp³-hybridized carbons (Fsp3) is 0.923. The Balaban J connectivity index is 2.33. The van der Waals surface area contributed by atoms with E-state index in [1.807, 2.05) is 20.8 Å². The maximum absolute atomic E-state index is 11.8. The van der Waals surface area contributed by atoms with Crippen LogP contribution in [0.1, 0.15) is 40.0 Å². The molecule has 0 aromatic rings. The van der Waals surface area contributed by atoms with Crippen LogP contribution in [0.2, 0.25) is 0 Å². The Bertz CT molecular complexity index is 268. The molecular weight excluding hydrogens is 232 g/mol. The first kappa shape index (κ1) is 15.2. The second-order valence-electron chi connectivity index (χ2n) is 6.04. The molecule has 1 aliphatic heterocycles. The minimum atomic E-state index is -0.441. The number of amides is 1. The number of nitrogens with two attached hydrogens (primary N) is 1. The largest absolute Gasteiger partial charge is 0.444 e. The summed E-state index contributed by atoms with van der Waals surface area (Å²) in [6.45, 7) is 7.33. The molecule has 106 valence electrons. The van der Waals surface area contributed by atoms with Gasteiger partial charge in [-0.15, -0.1) is 0 Å². The number of ether oxygens (including phenoxy) is 1. The Hall–Kier alpha value is -0.810. The molecule has 0 aromatic heterocycles. The van der Waals surface area contributed by atoms with Gasteiger partial charge in [0.2, 0.25) is 0 Å². The van der Waals surface area contributed by atoms with Crippen molar-refractivity contribution in [1.29, 1.82) is 0 Å². The number of nitrogens with zero attached hydrogens (tertiary/aromatic N) is 1. The SMILES string of the molecule is CC(C)(C)OC(=O)N1CCC(CC(O)CN)CC1. The molecule has 1 atom stereocenters. The Morgan fingerprint density at radius 2 is 2.00 bits per heavy atom. The van der Waals surface area contributed by atoms with E-state index in [0.29, 0.717) is 25.6 Å². The van der Waals surface area contributed by atoms with E-state index >= 15 is 0 Å². The summed E-state index contributed by atoms with van der Waals surface area (Å²) in [6, 6.07) is 0. The first-order valence-corrected chi connectivity index (χ1v) is 6.68. The zero-order valence-corrected chi connectivity index (χ0v) is 11.7. The second kappa shape index (κ2) is 6.38. The lowest BCUT2D eigenvalue weighted by Crippen LogP contribution is -2.42. The van der Waals surface area contributed by atoms with Crippen molar-refractivity contribution < 1.29 is 14.6 Å². The molecule has 1 aliphatic rings. The molecule has 1 fully saturated rings. The maximum Gasteiger partial charge on any atom is 0.410 e. The third-order valence-corrected chi connectivity index (χ3v) is 3.14. The summed E-state index contributed by atoms with van der Waals surface area (Å²) in [4.78, 5) is 13.6. The highest BCUT2D eigenvalue weighted by molar-refractivity contribution is 5.68. The zero-order chi connectivity index (χ0) is 13.8. The first-order valence-electron chi connectivity index (χ1n) is 6.68. The van der Waals surface area contributed by atoms with Gasteiger partial charge < -0.3 is 20.5 Å². The zero-order valence-electron chi connectivity index (χ0n) is 11.7. The van der Waals surface area contributed by atoms with Crippen molar-refractivity contribution in [2.75, 3.05) is 19.6 Å². The molecule has 1 unspecified atom stereocenters. The fourth-order valence-corrected chi connectivity index (χ4v) is 2.16. The third kappa shape index (κ3) is 5.23.